The maximum absolute atomic E-state index is 12.8. The van der Waals surface area contributed by atoms with Gasteiger partial charge in [0.15, 0.2) is 5.82 Å². The fourth-order valence-electron chi connectivity index (χ4n) is 1.89. The molecule has 1 atom stereocenters. The number of rotatable bonds is 4. The van der Waals surface area contributed by atoms with E-state index in [0.29, 0.717) is 0 Å². The third kappa shape index (κ3) is 4.70. The van der Waals surface area contributed by atoms with Crippen molar-refractivity contribution in [3.8, 4) is 0 Å². The monoisotopic (exact) mass is 329 g/mol. The van der Waals surface area contributed by atoms with Gasteiger partial charge in [0.2, 0.25) is 5.91 Å². The third-order valence-electron chi connectivity index (χ3n) is 2.82. The Morgan fingerprint density at radius 3 is 2.68 bits per heavy atom. The van der Waals surface area contributed by atoms with E-state index in [1.54, 1.807) is 0 Å². The molecule has 1 aromatic heterocycles. The summed E-state index contributed by atoms with van der Waals surface area (Å²) in [5.74, 6) is -2.15. The second-order valence-corrected chi connectivity index (χ2v) is 4.94. The molecule has 0 aliphatic carbocycles. The van der Waals surface area contributed by atoms with Crippen LogP contribution in [0.1, 0.15) is 17.9 Å². The SMILES string of the molecule is O=C(Nc1cnccn1)C(CC(F)(F)F)c1cccc(Cl)c1. The summed E-state index contributed by atoms with van der Waals surface area (Å²) in [5.41, 5.74) is 0.186. The zero-order valence-corrected chi connectivity index (χ0v) is 11.9. The molecule has 1 aromatic carbocycles. The Bertz CT molecular complexity index is 649. The van der Waals surface area contributed by atoms with Gasteiger partial charge in [0.05, 0.1) is 18.5 Å². The van der Waals surface area contributed by atoms with E-state index in [1.165, 1.54) is 42.9 Å². The molecule has 1 heterocycles. The van der Waals surface area contributed by atoms with E-state index in [4.69, 9.17) is 11.6 Å². The summed E-state index contributed by atoms with van der Waals surface area (Å²) in [5, 5.41) is 2.59. The highest BCUT2D eigenvalue weighted by atomic mass is 35.5. The largest absolute Gasteiger partial charge is 0.390 e. The van der Waals surface area contributed by atoms with Gasteiger partial charge < -0.3 is 5.32 Å². The molecular weight excluding hydrogens is 319 g/mol. The van der Waals surface area contributed by atoms with Gasteiger partial charge in [-0.1, -0.05) is 23.7 Å². The van der Waals surface area contributed by atoms with Crippen molar-refractivity contribution in [2.75, 3.05) is 5.32 Å². The van der Waals surface area contributed by atoms with Crippen LogP contribution < -0.4 is 5.32 Å². The van der Waals surface area contributed by atoms with Gasteiger partial charge in [0.1, 0.15) is 0 Å². The van der Waals surface area contributed by atoms with Crippen molar-refractivity contribution in [3.05, 3.63) is 53.4 Å². The molecular formula is C14H11ClF3N3O. The molecule has 0 aliphatic heterocycles. The van der Waals surface area contributed by atoms with Crippen LogP contribution in [0.3, 0.4) is 0 Å². The van der Waals surface area contributed by atoms with Crippen molar-refractivity contribution >= 4 is 23.3 Å². The van der Waals surface area contributed by atoms with Gasteiger partial charge in [-0.25, -0.2) is 4.98 Å². The number of halogens is 4. The predicted molar refractivity (Wildman–Crippen MR) is 75.5 cm³/mol. The molecule has 0 saturated heterocycles. The van der Waals surface area contributed by atoms with Crippen LogP contribution in [0.25, 0.3) is 0 Å². The maximum atomic E-state index is 12.8. The Morgan fingerprint density at radius 1 is 1.32 bits per heavy atom. The number of alkyl halides is 3. The lowest BCUT2D eigenvalue weighted by Gasteiger charge is -2.18. The number of hydrogen-bond donors (Lipinski definition) is 1. The molecule has 2 rings (SSSR count). The van der Waals surface area contributed by atoms with Crippen molar-refractivity contribution in [2.24, 2.45) is 0 Å². The number of hydrogen-bond acceptors (Lipinski definition) is 3. The Morgan fingerprint density at radius 2 is 2.09 bits per heavy atom. The zero-order valence-electron chi connectivity index (χ0n) is 11.1. The van der Waals surface area contributed by atoms with E-state index in [-0.39, 0.29) is 16.4 Å². The molecule has 116 valence electrons. The minimum atomic E-state index is -4.49. The highest BCUT2D eigenvalue weighted by molar-refractivity contribution is 6.30. The second-order valence-electron chi connectivity index (χ2n) is 4.51. The van der Waals surface area contributed by atoms with Gasteiger partial charge in [-0.3, -0.25) is 9.78 Å². The first kappa shape index (κ1) is 16.2. The Balaban J connectivity index is 2.26. The first-order valence-electron chi connectivity index (χ1n) is 6.24. The second kappa shape index (κ2) is 6.74. The maximum Gasteiger partial charge on any atom is 0.390 e. The predicted octanol–water partition coefficient (Wildman–Crippen LogP) is 3.80. The van der Waals surface area contributed by atoms with Gasteiger partial charge in [0.25, 0.3) is 0 Å². The first-order valence-corrected chi connectivity index (χ1v) is 6.62. The lowest BCUT2D eigenvalue weighted by Crippen LogP contribution is -2.26. The molecule has 1 N–H and O–H groups in total. The molecule has 1 amide bonds. The summed E-state index contributed by atoms with van der Waals surface area (Å²) >= 11 is 5.79. The average molecular weight is 330 g/mol. The summed E-state index contributed by atoms with van der Waals surface area (Å²) in [6.45, 7) is 0. The number of nitrogens with one attached hydrogen (secondary N) is 1. The van der Waals surface area contributed by atoms with Crippen LogP contribution in [-0.4, -0.2) is 22.1 Å². The molecule has 0 spiro atoms. The molecule has 0 radical (unpaired) electrons. The van der Waals surface area contributed by atoms with Gasteiger partial charge in [0, 0.05) is 17.4 Å². The molecule has 0 fully saturated rings. The molecule has 0 bridgehead atoms. The van der Waals surface area contributed by atoms with E-state index in [2.05, 4.69) is 15.3 Å². The number of aromatic nitrogens is 2. The summed E-state index contributed by atoms with van der Waals surface area (Å²) in [6.07, 6.45) is -1.82. The third-order valence-corrected chi connectivity index (χ3v) is 3.05. The number of benzene rings is 1. The van der Waals surface area contributed by atoms with E-state index in [9.17, 15) is 18.0 Å². The average Bonchev–Trinajstić information content (AvgIpc) is 2.45. The smallest absolute Gasteiger partial charge is 0.309 e. The molecule has 2 aromatic rings. The fourth-order valence-corrected chi connectivity index (χ4v) is 2.09. The summed E-state index contributed by atoms with van der Waals surface area (Å²) in [4.78, 5) is 19.7. The minimum absolute atomic E-state index is 0.0849. The minimum Gasteiger partial charge on any atom is -0.309 e. The van der Waals surface area contributed by atoms with Gasteiger partial charge in [-0.05, 0) is 17.7 Å². The Labute approximate surface area is 129 Å². The summed E-state index contributed by atoms with van der Waals surface area (Å²) < 4.78 is 38.3. The van der Waals surface area contributed by atoms with Crippen molar-refractivity contribution in [2.45, 2.75) is 18.5 Å². The van der Waals surface area contributed by atoms with Gasteiger partial charge in [-0.2, -0.15) is 13.2 Å². The lowest BCUT2D eigenvalue weighted by molar-refractivity contribution is -0.146. The molecule has 4 nitrogen and oxygen atoms in total. The molecule has 8 heteroatoms. The van der Waals surface area contributed by atoms with Gasteiger partial charge >= 0.3 is 6.18 Å². The van der Waals surface area contributed by atoms with Crippen LogP contribution in [0, 0.1) is 0 Å². The fraction of sp³-hybridized carbons (Fsp3) is 0.214. The lowest BCUT2D eigenvalue weighted by atomic mass is 9.94. The number of carbonyl (C=O) groups excluding carboxylic acids is 1. The van der Waals surface area contributed by atoms with E-state index < -0.39 is 24.4 Å². The summed E-state index contributed by atoms with van der Waals surface area (Å²) in [6, 6.07) is 5.79. The van der Waals surface area contributed by atoms with Crippen LogP contribution >= 0.6 is 11.6 Å². The Kier molecular flexibility index (Phi) is 4.97. The number of amides is 1. The van der Waals surface area contributed by atoms with E-state index in [1.807, 2.05) is 0 Å². The van der Waals surface area contributed by atoms with E-state index in [0.717, 1.165) is 0 Å². The van der Waals surface area contributed by atoms with Crippen molar-refractivity contribution in [1.29, 1.82) is 0 Å². The zero-order chi connectivity index (χ0) is 16.2. The molecule has 22 heavy (non-hydrogen) atoms. The van der Waals surface area contributed by atoms with Crippen LogP contribution in [0.15, 0.2) is 42.9 Å². The van der Waals surface area contributed by atoms with Crippen molar-refractivity contribution in [1.82, 2.24) is 9.97 Å². The highest BCUT2D eigenvalue weighted by Crippen LogP contribution is 2.33. The van der Waals surface area contributed by atoms with E-state index >= 15 is 0 Å². The van der Waals surface area contributed by atoms with Crippen molar-refractivity contribution < 1.29 is 18.0 Å². The van der Waals surface area contributed by atoms with Crippen LogP contribution in [0.4, 0.5) is 19.0 Å². The molecule has 0 saturated carbocycles. The Hall–Kier alpha value is -2.15. The molecule has 1 unspecified atom stereocenters. The van der Waals surface area contributed by atoms with Crippen molar-refractivity contribution in [3.63, 3.8) is 0 Å². The topological polar surface area (TPSA) is 54.9 Å². The van der Waals surface area contributed by atoms with Crippen LogP contribution in [-0.2, 0) is 4.79 Å². The van der Waals surface area contributed by atoms with Crippen LogP contribution in [0.5, 0.6) is 0 Å². The number of nitrogens with zero attached hydrogens (tertiary/aromatic N) is 2. The number of anilines is 1. The van der Waals surface area contributed by atoms with Crippen LogP contribution in [0.2, 0.25) is 5.02 Å². The highest BCUT2D eigenvalue weighted by Gasteiger charge is 2.36. The molecule has 0 aliphatic rings. The van der Waals surface area contributed by atoms with Gasteiger partial charge in [-0.15, -0.1) is 0 Å². The number of carbonyl (C=O) groups is 1. The normalized spacial score (nSPS) is 12.7. The summed E-state index contributed by atoms with van der Waals surface area (Å²) in [7, 11) is 0. The quantitative estimate of drug-likeness (QED) is 0.928. The first-order chi connectivity index (χ1) is 10.3. The standard InChI is InChI=1S/C14H11ClF3N3O/c15-10-3-1-2-9(6-10)11(7-14(16,17)18)13(22)21-12-8-19-4-5-20-12/h1-6,8,11H,7H2,(H,20,21,22).